The van der Waals surface area contributed by atoms with Gasteiger partial charge in [-0.2, -0.15) is 31.3 Å². The number of nitrogens with zero attached hydrogens (tertiary/aromatic N) is 4. The van der Waals surface area contributed by atoms with E-state index in [2.05, 4.69) is 20.1 Å². The van der Waals surface area contributed by atoms with Gasteiger partial charge in [0.05, 0.1) is 23.8 Å². The van der Waals surface area contributed by atoms with Gasteiger partial charge in [-0.3, -0.25) is 26.1 Å². The first-order chi connectivity index (χ1) is 17.8. The highest BCUT2D eigenvalue weighted by Crippen LogP contribution is 2.33. The van der Waals surface area contributed by atoms with Crippen molar-refractivity contribution < 1.29 is 45.9 Å². The lowest BCUT2D eigenvalue weighted by molar-refractivity contribution is -0.138. The highest BCUT2D eigenvalue weighted by Gasteiger charge is 2.31. The third-order valence-corrected chi connectivity index (χ3v) is 4.64. The van der Waals surface area contributed by atoms with Crippen molar-refractivity contribution in [2.45, 2.75) is 12.4 Å². The fourth-order valence-corrected chi connectivity index (χ4v) is 2.71. The number of phenolic OH excluding ortho intramolecular Hbond substituents is 1. The molecule has 0 amide bonds. The standard InChI is InChI=1S/C15H10F3N3O3.C7H6F3N3O/c1-23-9-3-5-12(22)10(6-9)14-20-13(21-24-14)11-4-2-8(7-19-11)15(16,17)18;8-7(9,10)4-1-2-5(12-3-4)6(11)13-14/h2-7,22H,1H3;1-3,14H,(H2,11,13). The van der Waals surface area contributed by atoms with Crippen molar-refractivity contribution in [2.75, 3.05) is 7.11 Å². The summed E-state index contributed by atoms with van der Waals surface area (Å²) >= 11 is 0. The number of ether oxygens (including phenoxy) is 1. The zero-order valence-electron chi connectivity index (χ0n) is 19.0. The predicted molar refractivity (Wildman–Crippen MR) is 117 cm³/mol. The molecule has 0 radical (unpaired) electrons. The van der Waals surface area contributed by atoms with Crippen LogP contribution in [0.5, 0.6) is 11.5 Å². The fraction of sp³-hybridized carbons (Fsp3) is 0.136. The smallest absolute Gasteiger partial charge is 0.417 e. The summed E-state index contributed by atoms with van der Waals surface area (Å²) in [4.78, 5) is 11.1. The summed E-state index contributed by atoms with van der Waals surface area (Å²) in [6.07, 6.45) is -7.63. The molecule has 0 fully saturated rings. The van der Waals surface area contributed by atoms with Crippen LogP contribution in [-0.2, 0) is 12.4 Å². The van der Waals surface area contributed by atoms with Crippen LogP contribution in [0.2, 0.25) is 0 Å². The molecule has 0 aliphatic heterocycles. The number of halogens is 6. The Morgan fingerprint density at radius 2 is 1.58 bits per heavy atom. The highest BCUT2D eigenvalue weighted by molar-refractivity contribution is 5.93. The van der Waals surface area contributed by atoms with E-state index >= 15 is 0 Å². The van der Waals surface area contributed by atoms with E-state index in [0.717, 1.165) is 24.3 Å². The number of aromatic hydroxyl groups is 1. The molecule has 200 valence electrons. The van der Waals surface area contributed by atoms with E-state index in [0.29, 0.717) is 18.1 Å². The molecule has 0 saturated heterocycles. The molecule has 3 heterocycles. The van der Waals surface area contributed by atoms with Crippen LogP contribution in [0.4, 0.5) is 26.3 Å². The molecule has 16 heteroatoms. The molecule has 10 nitrogen and oxygen atoms in total. The van der Waals surface area contributed by atoms with Crippen LogP contribution in [0, 0.1) is 5.41 Å². The Morgan fingerprint density at radius 3 is 2.08 bits per heavy atom. The molecule has 4 aromatic rings. The Balaban J connectivity index is 0.000000244. The van der Waals surface area contributed by atoms with Crippen LogP contribution in [0.25, 0.3) is 23.0 Å². The van der Waals surface area contributed by atoms with Crippen molar-refractivity contribution in [1.82, 2.24) is 25.6 Å². The Hall–Kier alpha value is -4.73. The molecule has 0 saturated carbocycles. The quantitative estimate of drug-likeness (QED) is 0.122. The summed E-state index contributed by atoms with van der Waals surface area (Å²) in [5.74, 6) is -0.107. The van der Waals surface area contributed by atoms with Gasteiger partial charge in [-0.1, -0.05) is 5.16 Å². The first-order valence-corrected chi connectivity index (χ1v) is 10.1. The number of phenols is 1. The van der Waals surface area contributed by atoms with Crippen LogP contribution in [-0.4, -0.2) is 43.4 Å². The number of hydroxylamine groups is 1. The van der Waals surface area contributed by atoms with Gasteiger partial charge in [-0.05, 0) is 42.5 Å². The Bertz CT molecular complexity index is 1390. The van der Waals surface area contributed by atoms with E-state index in [9.17, 15) is 31.4 Å². The van der Waals surface area contributed by atoms with E-state index in [1.54, 1.807) is 6.07 Å². The lowest BCUT2D eigenvalue weighted by Crippen LogP contribution is -2.20. The fourth-order valence-electron chi connectivity index (χ4n) is 2.71. The molecular formula is C22H16F6N6O4. The number of alkyl halides is 6. The summed E-state index contributed by atoms with van der Waals surface area (Å²) in [7, 11) is 1.46. The average molecular weight is 542 g/mol. The van der Waals surface area contributed by atoms with Gasteiger partial charge in [0.15, 0.2) is 5.84 Å². The second-order valence-electron chi connectivity index (χ2n) is 7.15. The van der Waals surface area contributed by atoms with E-state index in [4.69, 9.17) is 19.9 Å². The average Bonchev–Trinajstić information content (AvgIpc) is 3.38. The van der Waals surface area contributed by atoms with Gasteiger partial charge < -0.3 is 14.4 Å². The molecule has 0 atom stereocenters. The van der Waals surface area contributed by atoms with Crippen molar-refractivity contribution in [1.29, 1.82) is 5.41 Å². The normalized spacial score (nSPS) is 11.4. The number of methoxy groups -OCH3 is 1. The summed E-state index contributed by atoms with van der Waals surface area (Å²) in [6.45, 7) is 0. The van der Waals surface area contributed by atoms with Crippen molar-refractivity contribution in [2.24, 2.45) is 0 Å². The summed E-state index contributed by atoms with van der Waals surface area (Å²) in [6, 6.07) is 8.24. The topological polar surface area (TPSA) is 150 Å². The largest absolute Gasteiger partial charge is 0.507 e. The minimum absolute atomic E-state index is 0.000874. The summed E-state index contributed by atoms with van der Waals surface area (Å²) in [5, 5.41) is 28.8. The lowest BCUT2D eigenvalue weighted by Gasteiger charge is -2.06. The molecule has 4 N–H and O–H groups in total. The van der Waals surface area contributed by atoms with Crippen molar-refractivity contribution in [3.63, 3.8) is 0 Å². The zero-order chi connectivity index (χ0) is 28.1. The molecule has 4 rings (SSSR count). The van der Waals surface area contributed by atoms with Crippen LogP contribution in [0.15, 0.2) is 59.4 Å². The summed E-state index contributed by atoms with van der Waals surface area (Å²) < 4.78 is 83.8. The predicted octanol–water partition coefficient (Wildman–Crippen LogP) is 4.94. The second-order valence-corrected chi connectivity index (χ2v) is 7.15. The highest BCUT2D eigenvalue weighted by atomic mass is 19.4. The van der Waals surface area contributed by atoms with Gasteiger partial charge in [0, 0.05) is 12.4 Å². The van der Waals surface area contributed by atoms with Gasteiger partial charge in [0.1, 0.15) is 22.9 Å². The number of nitrogens with one attached hydrogen (secondary N) is 2. The number of amidine groups is 1. The molecule has 0 bridgehead atoms. The second kappa shape index (κ2) is 11.1. The monoisotopic (exact) mass is 542 g/mol. The Labute approximate surface area is 209 Å². The number of aromatic nitrogens is 4. The SMILES string of the molecule is COc1ccc(O)c(-c2nc(-c3ccc(C(F)(F)F)cn3)no2)c1.N=C(NO)c1ccc(C(F)(F)F)cn1. The molecule has 1 aromatic carbocycles. The third kappa shape index (κ3) is 6.73. The van der Waals surface area contributed by atoms with Gasteiger partial charge >= 0.3 is 12.4 Å². The van der Waals surface area contributed by atoms with Crippen LogP contribution < -0.4 is 10.2 Å². The van der Waals surface area contributed by atoms with Crippen LogP contribution >= 0.6 is 0 Å². The number of rotatable bonds is 4. The molecular weight excluding hydrogens is 526 g/mol. The number of hydrogen-bond donors (Lipinski definition) is 4. The molecule has 38 heavy (non-hydrogen) atoms. The first kappa shape index (κ1) is 27.9. The molecule has 0 unspecified atom stereocenters. The maximum absolute atomic E-state index is 12.5. The minimum atomic E-state index is -4.47. The molecule has 0 aliphatic rings. The third-order valence-electron chi connectivity index (χ3n) is 4.64. The van der Waals surface area contributed by atoms with E-state index in [1.165, 1.54) is 24.7 Å². The minimum Gasteiger partial charge on any atom is -0.507 e. The molecule has 0 aliphatic carbocycles. The van der Waals surface area contributed by atoms with E-state index in [1.807, 2.05) is 0 Å². The van der Waals surface area contributed by atoms with Gasteiger partial charge in [0.2, 0.25) is 5.82 Å². The van der Waals surface area contributed by atoms with Gasteiger partial charge in [-0.15, -0.1) is 0 Å². The first-order valence-electron chi connectivity index (χ1n) is 10.1. The summed E-state index contributed by atoms with van der Waals surface area (Å²) in [5.41, 5.74) is -0.0133. The van der Waals surface area contributed by atoms with Crippen molar-refractivity contribution >= 4 is 5.84 Å². The van der Waals surface area contributed by atoms with E-state index in [-0.39, 0.29) is 34.4 Å². The molecule has 3 aromatic heterocycles. The number of benzene rings is 1. The van der Waals surface area contributed by atoms with E-state index < -0.39 is 29.3 Å². The number of pyridine rings is 2. The van der Waals surface area contributed by atoms with Gasteiger partial charge in [0.25, 0.3) is 5.89 Å². The maximum Gasteiger partial charge on any atom is 0.417 e. The molecule has 0 spiro atoms. The van der Waals surface area contributed by atoms with Crippen LogP contribution in [0.3, 0.4) is 0 Å². The van der Waals surface area contributed by atoms with Gasteiger partial charge in [-0.25, -0.2) is 0 Å². The lowest BCUT2D eigenvalue weighted by atomic mass is 10.2. The Morgan fingerprint density at radius 1 is 0.947 bits per heavy atom. The maximum atomic E-state index is 12.5. The Kier molecular flexibility index (Phi) is 8.15. The van der Waals surface area contributed by atoms with Crippen molar-refractivity contribution in [3.8, 4) is 34.5 Å². The zero-order valence-corrected chi connectivity index (χ0v) is 19.0. The van der Waals surface area contributed by atoms with Crippen molar-refractivity contribution in [3.05, 3.63) is 71.7 Å². The number of hydrogen-bond acceptors (Lipinski definition) is 9. The van der Waals surface area contributed by atoms with Crippen LogP contribution in [0.1, 0.15) is 16.8 Å².